The molecule has 2 nitrogen and oxygen atoms in total. The van der Waals surface area contributed by atoms with Gasteiger partial charge >= 0.3 is 0 Å². The van der Waals surface area contributed by atoms with E-state index in [4.69, 9.17) is 5.26 Å². The van der Waals surface area contributed by atoms with E-state index < -0.39 is 0 Å². The fourth-order valence-corrected chi connectivity index (χ4v) is 3.91. The van der Waals surface area contributed by atoms with Crippen LogP contribution in [0, 0.1) is 23.1 Å². The van der Waals surface area contributed by atoms with E-state index in [9.17, 15) is 4.39 Å². The number of rotatable bonds is 3. The summed E-state index contributed by atoms with van der Waals surface area (Å²) in [4.78, 5) is 2.46. The molecule has 4 rings (SSSR count). The van der Waals surface area contributed by atoms with Crippen LogP contribution in [-0.2, 0) is 12.0 Å². The summed E-state index contributed by atoms with van der Waals surface area (Å²) in [6.45, 7) is 3.02. The molecule has 22 heavy (non-hydrogen) atoms. The molecule has 2 aromatic rings. The van der Waals surface area contributed by atoms with Crippen molar-refractivity contribution in [2.24, 2.45) is 5.92 Å². The zero-order valence-electron chi connectivity index (χ0n) is 12.3. The molecule has 2 aromatic carbocycles. The molecule has 0 unspecified atom stereocenters. The highest BCUT2D eigenvalue weighted by Gasteiger charge is 2.60. The van der Waals surface area contributed by atoms with Crippen LogP contribution in [-0.4, -0.2) is 18.0 Å². The first-order chi connectivity index (χ1) is 10.7. The van der Waals surface area contributed by atoms with Gasteiger partial charge in [-0.05, 0) is 35.6 Å². The predicted molar refractivity (Wildman–Crippen MR) is 82.6 cm³/mol. The molecule has 1 saturated carbocycles. The van der Waals surface area contributed by atoms with Crippen LogP contribution in [0.1, 0.15) is 23.1 Å². The standard InChI is InChI=1S/C19H17FN2/c20-18-8-16(7-6-15(18)10-21)19-9-17(19)12-22(13-19)11-14-4-2-1-3-5-14/h1-8,17H,9,11-13H2/t17-,19+/m1/s1. The summed E-state index contributed by atoms with van der Waals surface area (Å²) in [5.41, 5.74) is 2.63. The van der Waals surface area contributed by atoms with Gasteiger partial charge in [0.15, 0.2) is 0 Å². The molecular formula is C19H17FN2. The van der Waals surface area contributed by atoms with Crippen LogP contribution in [0.5, 0.6) is 0 Å². The van der Waals surface area contributed by atoms with Crippen molar-refractivity contribution in [1.29, 1.82) is 5.26 Å². The van der Waals surface area contributed by atoms with Crippen LogP contribution in [0.25, 0.3) is 0 Å². The zero-order valence-corrected chi connectivity index (χ0v) is 12.3. The summed E-state index contributed by atoms with van der Waals surface area (Å²) in [6.07, 6.45) is 1.14. The van der Waals surface area contributed by atoms with Gasteiger partial charge in [0.1, 0.15) is 11.9 Å². The topological polar surface area (TPSA) is 27.0 Å². The number of nitrogens with zero attached hydrogens (tertiary/aromatic N) is 2. The number of fused-ring (bicyclic) bond motifs is 1. The Labute approximate surface area is 129 Å². The minimum absolute atomic E-state index is 0.115. The average Bonchev–Trinajstić information content (AvgIpc) is 3.11. The van der Waals surface area contributed by atoms with Crippen molar-refractivity contribution in [3.63, 3.8) is 0 Å². The zero-order chi connectivity index (χ0) is 15.2. The molecule has 0 amide bonds. The van der Waals surface area contributed by atoms with Crippen molar-refractivity contribution in [2.75, 3.05) is 13.1 Å². The van der Waals surface area contributed by atoms with Gasteiger partial charge in [0.25, 0.3) is 0 Å². The van der Waals surface area contributed by atoms with Crippen molar-refractivity contribution in [2.45, 2.75) is 18.4 Å². The van der Waals surface area contributed by atoms with Gasteiger partial charge in [0, 0.05) is 25.0 Å². The van der Waals surface area contributed by atoms with Gasteiger partial charge in [-0.3, -0.25) is 4.90 Å². The minimum atomic E-state index is -0.387. The summed E-state index contributed by atoms with van der Waals surface area (Å²) < 4.78 is 13.9. The van der Waals surface area contributed by atoms with Crippen LogP contribution in [0.4, 0.5) is 4.39 Å². The first kappa shape index (κ1) is 13.5. The van der Waals surface area contributed by atoms with E-state index in [-0.39, 0.29) is 16.8 Å². The van der Waals surface area contributed by atoms with Crippen molar-refractivity contribution in [3.05, 3.63) is 71.0 Å². The Balaban J connectivity index is 1.53. The molecule has 1 heterocycles. The maximum absolute atomic E-state index is 13.9. The highest BCUT2D eigenvalue weighted by Crippen LogP contribution is 2.59. The van der Waals surface area contributed by atoms with Gasteiger partial charge < -0.3 is 0 Å². The molecule has 0 aromatic heterocycles. The Hall–Kier alpha value is -2.18. The molecule has 2 aliphatic rings. The second-order valence-electron chi connectivity index (χ2n) is 6.52. The van der Waals surface area contributed by atoms with E-state index in [1.165, 1.54) is 5.56 Å². The molecule has 1 saturated heterocycles. The van der Waals surface area contributed by atoms with E-state index in [1.807, 2.05) is 18.2 Å². The number of piperidine rings is 1. The predicted octanol–water partition coefficient (Wildman–Crippen LogP) is 3.47. The Morgan fingerprint density at radius 2 is 2.05 bits per heavy atom. The van der Waals surface area contributed by atoms with E-state index in [0.29, 0.717) is 5.92 Å². The molecule has 0 bridgehead atoms. The minimum Gasteiger partial charge on any atom is -0.298 e. The number of benzene rings is 2. The van der Waals surface area contributed by atoms with Crippen LogP contribution in [0.2, 0.25) is 0 Å². The molecule has 0 N–H and O–H groups in total. The van der Waals surface area contributed by atoms with Crippen molar-refractivity contribution in [3.8, 4) is 6.07 Å². The van der Waals surface area contributed by atoms with E-state index in [2.05, 4.69) is 29.2 Å². The maximum Gasteiger partial charge on any atom is 0.141 e. The van der Waals surface area contributed by atoms with Crippen LogP contribution in [0.3, 0.4) is 0 Å². The number of hydrogen-bond acceptors (Lipinski definition) is 2. The second-order valence-corrected chi connectivity index (χ2v) is 6.52. The van der Waals surface area contributed by atoms with Gasteiger partial charge in [-0.15, -0.1) is 0 Å². The van der Waals surface area contributed by atoms with Crippen molar-refractivity contribution in [1.82, 2.24) is 4.90 Å². The van der Waals surface area contributed by atoms with Gasteiger partial charge in [0.2, 0.25) is 0 Å². The molecule has 2 atom stereocenters. The monoisotopic (exact) mass is 292 g/mol. The first-order valence-corrected chi connectivity index (χ1v) is 7.68. The summed E-state index contributed by atoms with van der Waals surface area (Å²) in [6, 6.07) is 17.5. The van der Waals surface area contributed by atoms with Gasteiger partial charge in [-0.25, -0.2) is 4.39 Å². The summed E-state index contributed by atoms with van der Waals surface area (Å²) in [7, 11) is 0. The average molecular weight is 292 g/mol. The van der Waals surface area contributed by atoms with E-state index in [0.717, 1.165) is 31.6 Å². The van der Waals surface area contributed by atoms with Gasteiger partial charge in [0.05, 0.1) is 5.56 Å². The molecule has 1 aliphatic carbocycles. The number of likely N-dealkylation sites (tertiary alicyclic amines) is 1. The third-order valence-electron chi connectivity index (χ3n) is 5.13. The van der Waals surface area contributed by atoms with Crippen LogP contribution >= 0.6 is 0 Å². The lowest BCUT2D eigenvalue weighted by Gasteiger charge is -2.21. The van der Waals surface area contributed by atoms with Crippen LogP contribution in [0.15, 0.2) is 48.5 Å². The fraction of sp³-hybridized carbons (Fsp3) is 0.316. The molecule has 1 aliphatic heterocycles. The maximum atomic E-state index is 13.9. The van der Waals surface area contributed by atoms with Crippen molar-refractivity contribution >= 4 is 0 Å². The van der Waals surface area contributed by atoms with Crippen LogP contribution < -0.4 is 0 Å². The number of halogens is 1. The molecule has 0 radical (unpaired) electrons. The normalized spacial score (nSPS) is 26.5. The Kier molecular flexibility index (Phi) is 3.02. The highest BCUT2D eigenvalue weighted by molar-refractivity contribution is 5.42. The van der Waals surface area contributed by atoms with E-state index in [1.54, 1.807) is 12.1 Å². The summed E-state index contributed by atoms with van der Waals surface area (Å²) in [5.74, 6) is 0.241. The molecular weight excluding hydrogens is 275 g/mol. The quantitative estimate of drug-likeness (QED) is 0.866. The third-order valence-corrected chi connectivity index (χ3v) is 5.13. The van der Waals surface area contributed by atoms with Crippen molar-refractivity contribution < 1.29 is 4.39 Å². The first-order valence-electron chi connectivity index (χ1n) is 7.68. The van der Waals surface area contributed by atoms with Gasteiger partial charge in [-0.1, -0.05) is 36.4 Å². The Bertz CT molecular complexity index is 750. The number of nitriles is 1. The second kappa shape index (κ2) is 4.93. The third kappa shape index (κ3) is 2.12. The fourth-order valence-electron chi connectivity index (χ4n) is 3.91. The Morgan fingerprint density at radius 1 is 1.23 bits per heavy atom. The number of hydrogen-bond donors (Lipinski definition) is 0. The summed E-state index contributed by atoms with van der Waals surface area (Å²) in [5, 5.41) is 8.86. The lowest BCUT2D eigenvalue weighted by molar-refractivity contribution is 0.290. The van der Waals surface area contributed by atoms with Gasteiger partial charge in [-0.2, -0.15) is 5.26 Å². The SMILES string of the molecule is N#Cc1ccc([C@@]23C[C@@H]2CN(Cc2ccccc2)C3)cc1F. The molecule has 2 fully saturated rings. The lowest BCUT2D eigenvalue weighted by Crippen LogP contribution is -2.26. The molecule has 110 valence electrons. The van der Waals surface area contributed by atoms with E-state index >= 15 is 0 Å². The smallest absolute Gasteiger partial charge is 0.141 e. The summed E-state index contributed by atoms with van der Waals surface area (Å²) >= 11 is 0. The highest BCUT2D eigenvalue weighted by atomic mass is 19.1. The largest absolute Gasteiger partial charge is 0.298 e. The molecule has 0 spiro atoms. The Morgan fingerprint density at radius 3 is 2.77 bits per heavy atom. The lowest BCUT2D eigenvalue weighted by atomic mass is 9.94. The molecule has 3 heteroatoms.